The van der Waals surface area contributed by atoms with Crippen LogP contribution in [0.2, 0.25) is 0 Å². The molecule has 0 unspecified atom stereocenters. The van der Waals surface area contributed by atoms with E-state index in [4.69, 9.17) is 4.74 Å². The summed E-state index contributed by atoms with van der Waals surface area (Å²) in [5.74, 6) is 0.575. The molecule has 2 aromatic rings. The SMILES string of the molecule is COc1ccc(NCC(=O)N/N=C/c2ccc(N3CCCC3)cc2)cc1. The van der Waals surface area contributed by atoms with Crippen LogP contribution in [0.5, 0.6) is 5.75 Å². The lowest BCUT2D eigenvalue weighted by Gasteiger charge is -2.17. The van der Waals surface area contributed by atoms with Crippen LogP contribution >= 0.6 is 0 Å². The summed E-state index contributed by atoms with van der Waals surface area (Å²) < 4.78 is 5.10. The van der Waals surface area contributed by atoms with Crippen LogP contribution in [0.1, 0.15) is 18.4 Å². The van der Waals surface area contributed by atoms with Crippen molar-refractivity contribution < 1.29 is 9.53 Å². The molecule has 1 aliphatic heterocycles. The zero-order valence-electron chi connectivity index (χ0n) is 14.9. The van der Waals surface area contributed by atoms with E-state index < -0.39 is 0 Å². The monoisotopic (exact) mass is 352 g/mol. The van der Waals surface area contributed by atoms with E-state index in [1.165, 1.54) is 18.5 Å². The van der Waals surface area contributed by atoms with Crippen molar-refractivity contribution in [2.45, 2.75) is 12.8 Å². The highest BCUT2D eigenvalue weighted by Crippen LogP contribution is 2.20. The van der Waals surface area contributed by atoms with Crippen LogP contribution < -0.4 is 20.4 Å². The first-order valence-electron chi connectivity index (χ1n) is 8.79. The number of carbonyl (C=O) groups is 1. The summed E-state index contributed by atoms with van der Waals surface area (Å²) in [6, 6.07) is 15.6. The third-order valence-electron chi connectivity index (χ3n) is 4.31. The van der Waals surface area contributed by atoms with E-state index in [-0.39, 0.29) is 12.5 Å². The number of hydrogen-bond acceptors (Lipinski definition) is 5. The maximum absolute atomic E-state index is 11.8. The second-order valence-electron chi connectivity index (χ2n) is 6.16. The fraction of sp³-hybridized carbons (Fsp3) is 0.300. The number of ether oxygens (including phenoxy) is 1. The smallest absolute Gasteiger partial charge is 0.259 e. The maximum atomic E-state index is 11.8. The molecule has 26 heavy (non-hydrogen) atoms. The van der Waals surface area contributed by atoms with E-state index in [9.17, 15) is 4.79 Å². The van der Waals surface area contributed by atoms with Crippen LogP contribution in [0, 0.1) is 0 Å². The molecule has 0 radical (unpaired) electrons. The Morgan fingerprint density at radius 3 is 2.46 bits per heavy atom. The van der Waals surface area contributed by atoms with Gasteiger partial charge in [-0.25, -0.2) is 5.43 Å². The van der Waals surface area contributed by atoms with E-state index in [0.29, 0.717) is 0 Å². The minimum atomic E-state index is -0.203. The summed E-state index contributed by atoms with van der Waals surface area (Å²) in [4.78, 5) is 14.2. The number of nitrogens with zero attached hydrogens (tertiary/aromatic N) is 2. The average Bonchev–Trinajstić information content (AvgIpc) is 3.22. The lowest BCUT2D eigenvalue weighted by atomic mass is 10.2. The van der Waals surface area contributed by atoms with Gasteiger partial charge in [-0.1, -0.05) is 12.1 Å². The van der Waals surface area contributed by atoms with E-state index >= 15 is 0 Å². The van der Waals surface area contributed by atoms with Gasteiger partial charge in [-0.3, -0.25) is 4.79 Å². The van der Waals surface area contributed by atoms with Gasteiger partial charge < -0.3 is 15.0 Å². The molecule has 1 heterocycles. The minimum absolute atomic E-state index is 0.150. The molecular weight excluding hydrogens is 328 g/mol. The van der Waals surface area contributed by atoms with Gasteiger partial charge in [0.2, 0.25) is 0 Å². The highest BCUT2D eigenvalue weighted by atomic mass is 16.5. The first-order chi connectivity index (χ1) is 12.7. The molecule has 0 spiro atoms. The van der Waals surface area contributed by atoms with Crippen molar-refractivity contribution in [2.24, 2.45) is 5.10 Å². The first kappa shape index (κ1) is 17.8. The predicted molar refractivity (Wildman–Crippen MR) is 105 cm³/mol. The van der Waals surface area contributed by atoms with Gasteiger partial charge in [0.15, 0.2) is 0 Å². The molecule has 136 valence electrons. The molecule has 0 bridgehead atoms. The van der Waals surface area contributed by atoms with Gasteiger partial charge >= 0.3 is 0 Å². The Labute approximate surface area is 153 Å². The highest BCUT2D eigenvalue weighted by molar-refractivity contribution is 5.84. The average molecular weight is 352 g/mol. The van der Waals surface area contributed by atoms with Crippen molar-refractivity contribution >= 4 is 23.5 Å². The molecule has 2 aromatic carbocycles. The quantitative estimate of drug-likeness (QED) is 0.594. The largest absolute Gasteiger partial charge is 0.497 e. The fourth-order valence-corrected chi connectivity index (χ4v) is 2.86. The molecule has 0 aliphatic carbocycles. The van der Waals surface area contributed by atoms with Crippen LogP contribution in [-0.2, 0) is 4.79 Å². The first-order valence-corrected chi connectivity index (χ1v) is 8.79. The summed E-state index contributed by atoms with van der Waals surface area (Å²) in [5.41, 5.74) is 5.57. The zero-order valence-corrected chi connectivity index (χ0v) is 14.9. The van der Waals surface area contributed by atoms with Crippen LogP contribution in [0.25, 0.3) is 0 Å². The highest BCUT2D eigenvalue weighted by Gasteiger charge is 2.11. The Hall–Kier alpha value is -3.02. The van der Waals surface area contributed by atoms with Crippen LogP contribution in [0.15, 0.2) is 53.6 Å². The Kier molecular flexibility index (Phi) is 6.09. The summed E-state index contributed by atoms with van der Waals surface area (Å²) in [6.45, 7) is 2.41. The number of amides is 1. The number of carbonyl (C=O) groups excluding carboxylic acids is 1. The molecule has 3 rings (SSSR count). The minimum Gasteiger partial charge on any atom is -0.497 e. The molecule has 1 amide bonds. The number of methoxy groups -OCH3 is 1. The standard InChI is InChI=1S/C20H24N4O2/c1-26-19-10-6-17(7-11-19)21-15-20(25)23-22-14-16-4-8-18(9-5-16)24-12-2-3-13-24/h4-11,14,21H,2-3,12-13,15H2,1H3,(H,23,25)/b22-14+. The Morgan fingerprint density at radius 1 is 1.12 bits per heavy atom. The van der Waals surface area contributed by atoms with Crippen LogP contribution in [0.3, 0.4) is 0 Å². The summed E-state index contributed by atoms with van der Waals surface area (Å²) >= 11 is 0. The van der Waals surface area contributed by atoms with E-state index in [1.54, 1.807) is 13.3 Å². The molecule has 2 N–H and O–H groups in total. The van der Waals surface area contributed by atoms with Crippen molar-refractivity contribution in [2.75, 3.05) is 37.0 Å². The number of rotatable bonds is 7. The third kappa shape index (κ3) is 4.99. The van der Waals surface area contributed by atoms with Gasteiger partial charge in [0, 0.05) is 24.5 Å². The van der Waals surface area contributed by atoms with E-state index in [2.05, 4.69) is 32.9 Å². The van der Waals surface area contributed by atoms with Crippen LogP contribution in [0.4, 0.5) is 11.4 Å². The molecule has 6 heteroatoms. The number of hydrogen-bond donors (Lipinski definition) is 2. The Morgan fingerprint density at radius 2 is 1.81 bits per heavy atom. The lowest BCUT2D eigenvalue weighted by molar-refractivity contribution is -0.119. The Balaban J connectivity index is 1.43. The molecule has 0 saturated carbocycles. The van der Waals surface area contributed by atoms with Gasteiger partial charge in [-0.2, -0.15) is 5.10 Å². The molecule has 0 aromatic heterocycles. The van der Waals surface area contributed by atoms with E-state index in [0.717, 1.165) is 30.1 Å². The number of benzene rings is 2. The van der Waals surface area contributed by atoms with E-state index in [1.807, 2.05) is 36.4 Å². The summed E-state index contributed by atoms with van der Waals surface area (Å²) in [6.07, 6.45) is 4.18. The van der Waals surface area contributed by atoms with Gasteiger partial charge in [0.1, 0.15) is 5.75 Å². The molecule has 0 atom stereocenters. The molecule has 1 fully saturated rings. The second kappa shape index (κ2) is 8.89. The van der Waals surface area contributed by atoms with Crippen molar-refractivity contribution in [1.82, 2.24) is 5.43 Å². The molecule has 1 saturated heterocycles. The lowest BCUT2D eigenvalue weighted by Crippen LogP contribution is -2.25. The van der Waals surface area contributed by atoms with Gasteiger partial charge in [-0.05, 0) is 54.8 Å². The van der Waals surface area contributed by atoms with Crippen molar-refractivity contribution in [3.8, 4) is 5.75 Å². The summed E-state index contributed by atoms with van der Waals surface area (Å²) in [7, 11) is 1.62. The van der Waals surface area contributed by atoms with Gasteiger partial charge in [-0.15, -0.1) is 0 Å². The molecule has 1 aliphatic rings. The normalized spacial score (nSPS) is 13.8. The molecular formula is C20H24N4O2. The number of anilines is 2. The maximum Gasteiger partial charge on any atom is 0.259 e. The fourth-order valence-electron chi connectivity index (χ4n) is 2.86. The zero-order chi connectivity index (χ0) is 18.2. The number of nitrogens with one attached hydrogen (secondary N) is 2. The summed E-state index contributed by atoms with van der Waals surface area (Å²) in [5, 5.41) is 7.05. The van der Waals surface area contributed by atoms with Gasteiger partial charge in [0.25, 0.3) is 5.91 Å². The predicted octanol–water partition coefficient (Wildman–Crippen LogP) is 2.86. The van der Waals surface area contributed by atoms with Crippen molar-refractivity contribution in [3.05, 3.63) is 54.1 Å². The molecule has 6 nitrogen and oxygen atoms in total. The van der Waals surface area contributed by atoms with Crippen molar-refractivity contribution in [1.29, 1.82) is 0 Å². The number of hydrazone groups is 1. The van der Waals surface area contributed by atoms with Crippen molar-refractivity contribution in [3.63, 3.8) is 0 Å². The van der Waals surface area contributed by atoms with Crippen LogP contribution in [-0.4, -0.2) is 38.9 Å². The second-order valence-corrected chi connectivity index (χ2v) is 6.16. The Bertz CT molecular complexity index is 735. The third-order valence-corrected chi connectivity index (χ3v) is 4.31. The van der Waals surface area contributed by atoms with Gasteiger partial charge in [0.05, 0.1) is 19.9 Å². The topological polar surface area (TPSA) is 66.0 Å².